The van der Waals surface area contributed by atoms with E-state index in [1.54, 1.807) is 6.20 Å². The standard InChI is InChI=1S/C20H19N5/c21-12-15-3-5-18(6-4-15)25-11-8-16-7-10-24(14-19(16)25)20-17(13-22)2-1-9-23-20/h1-6,9,16,19H,7-8,10-11,14H2. The average Bonchev–Trinajstić information content (AvgIpc) is 3.11. The highest BCUT2D eigenvalue weighted by Gasteiger charge is 2.39. The molecule has 0 amide bonds. The zero-order valence-corrected chi connectivity index (χ0v) is 14.0. The molecule has 124 valence electrons. The highest BCUT2D eigenvalue weighted by Crippen LogP contribution is 2.36. The monoisotopic (exact) mass is 329 g/mol. The first-order chi connectivity index (χ1) is 12.3. The molecule has 5 heteroatoms. The van der Waals surface area contributed by atoms with E-state index in [9.17, 15) is 5.26 Å². The van der Waals surface area contributed by atoms with E-state index in [-0.39, 0.29) is 0 Å². The molecule has 1 aromatic heterocycles. The van der Waals surface area contributed by atoms with Gasteiger partial charge in [0.1, 0.15) is 11.9 Å². The molecule has 0 bridgehead atoms. The SMILES string of the molecule is N#Cc1ccc(N2CCC3CCN(c4ncccc4C#N)CC32)cc1. The van der Waals surface area contributed by atoms with Crippen molar-refractivity contribution < 1.29 is 0 Å². The zero-order chi connectivity index (χ0) is 17.2. The quantitative estimate of drug-likeness (QED) is 0.847. The Morgan fingerprint density at radius 2 is 1.80 bits per heavy atom. The van der Waals surface area contributed by atoms with Crippen molar-refractivity contribution >= 4 is 11.5 Å². The number of nitriles is 2. The van der Waals surface area contributed by atoms with Crippen LogP contribution in [0.2, 0.25) is 0 Å². The van der Waals surface area contributed by atoms with E-state index in [2.05, 4.69) is 26.9 Å². The van der Waals surface area contributed by atoms with Gasteiger partial charge >= 0.3 is 0 Å². The molecule has 2 atom stereocenters. The smallest absolute Gasteiger partial charge is 0.146 e. The number of hydrogen-bond acceptors (Lipinski definition) is 5. The lowest BCUT2D eigenvalue weighted by Gasteiger charge is -2.40. The van der Waals surface area contributed by atoms with Gasteiger partial charge in [-0.05, 0) is 55.2 Å². The number of fused-ring (bicyclic) bond motifs is 1. The van der Waals surface area contributed by atoms with Crippen LogP contribution in [0.5, 0.6) is 0 Å². The Kier molecular flexibility index (Phi) is 3.99. The summed E-state index contributed by atoms with van der Waals surface area (Å²) in [5.41, 5.74) is 2.51. The zero-order valence-electron chi connectivity index (χ0n) is 14.0. The Morgan fingerprint density at radius 1 is 1.00 bits per heavy atom. The summed E-state index contributed by atoms with van der Waals surface area (Å²) in [5.74, 6) is 1.48. The lowest BCUT2D eigenvalue weighted by atomic mass is 9.92. The van der Waals surface area contributed by atoms with Crippen molar-refractivity contribution in [2.75, 3.05) is 29.4 Å². The van der Waals surface area contributed by atoms with Crippen molar-refractivity contribution in [3.63, 3.8) is 0 Å². The lowest BCUT2D eigenvalue weighted by molar-refractivity contribution is 0.389. The molecule has 4 rings (SSSR count). The van der Waals surface area contributed by atoms with Gasteiger partial charge in [0.15, 0.2) is 0 Å². The molecule has 25 heavy (non-hydrogen) atoms. The molecule has 0 saturated carbocycles. The van der Waals surface area contributed by atoms with Gasteiger partial charge < -0.3 is 9.80 Å². The van der Waals surface area contributed by atoms with Crippen molar-refractivity contribution in [1.29, 1.82) is 10.5 Å². The molecule has 3 heterocycles. The molecule has 2 saturated heterocycles. The number of anilines is 2. The van der Waals surface area contributed by atoms with Crippen LogP contribution in [0, 0.1) is 28.6 Å². The lowest BCUT2D eigenvalue weighted by Crippen LogP contribution is -2.48. The Hall–Kier alpha value is -3.05. The Balaban J connectivity index is 1.58. The van der Waals surface area contributed by atoms with Gasteiger partial charge in [0.2, 0.25) is 0 Å². The Morgan fingerprint density at radius 3 is 2.56 bits per heavy atom. The largest absolute Gasteiger partial charge is 0.366 e. The van der Waals surface area contributed by atoms with Gasteiger partial charge in [0.25, 0.3) is 0 Å². The number of benzene rings is 1. The van der Waals surface area contributed by atoms with Gasteiger partial charge in [-0.25, -0.2) is 4.98 Å². The minimum absolute atomic E-state index is 0.426. The fourth-order valence-corrected chi connectivity index (χ4v) is 4.12. The van der Waals surface area contributed by atoms with Crippen molar-refractivity contribution in [1.82, 2.24) is 4.98 Å². The third-order valence-corrected chi connectivity index (χ3v) is 5.40. The predicted molar refractivity (Wildman–Crippen MR) is 96.2 cm³/mol. The van der Waals surface area contributed by atoms with Crippen molar-refractivity contribution in [3.05, 3.63) is 53.7 Å². The van der Waals surface area contributed by atoms with Gasteiger partial charge in [0, 0.05) is 37.6 Å². The molecule has 2 aliphatic heterocycles. The molecule has 5 nitrogen and oxygen atoms in total. The second kappa shape index (κ2) is 6.45. The van der Waals surface area contributed by atoms with Crippen LogP contribution in [0.3, 0.4) is 0 Å². The van der Waals surface area contributed by atoms with Crippen LogP contribution in [0.15, 0.2) is 42.6 Å². The van der Waals surface area contributed by atoms with Gasteiger partial charge in [-0.1, -0.05) is 0 Å². The first kappa shape index (κ1) is 15.5. The highest BCUT2D eigenvalue weighted by atomic mass is 15.3. The first-order valence-electron chi connectivity index (χ1n) is 8.67. The van der Waals surface area contributed by atoms with Gasteiger partial charge in [0.05, 0.1) is 17.2 Å². The molecule has 0 radical (unpaired) electrons. The molecule has 0 N–H and O–H groups in total. The molecular weight excluding hydrogens is 310 g/mol. The summed E-state index contributed by atoms with van der Waals surface area (Å²) in [5, 5.41) is 18.4. The van der Waals surface area contributed by atoms with Crippen molar-refractivity contribution in [3.8, 4) is 12.1 Å². The van der Waals surface area contributed by atoms with E-state index >= 15 is 0 Å². The van der Waals surface area contributed by atoms with Gasteiger partial charge in [-0.3, -0.25) is 0 Å². The number of piperidine rings is 1. The molecular formula is C20H19N5. The molecule has 2 fully saturated rings. The summed E-state index contributed by atoms with van der Waals surface area (Å²) in [6.45, 7) is 2.88. The van der Waals surface area contributed by atoms with E-state index in [0.29, 0.717) is 23.1 Å². The van der Waals surface area contributed by atoms with Crippen LogP contribution in [0.4, 0.5) is 11.5 Å². The number of rotatable bonds is 2. The summed E-state index contributed by atoms with van der Waals surface area (Å²) in [7, 11) is 0. The summed E-state index contributed by atoms with van der Waals surface area (Å²) in [4.78, 5) is 9.16. The molecule has 2 aliphatic rings. The van der Waals surface area contributed by atoms with Crippen LogP contribution in [-0.4, -0.2) is 30.7 Å². The van der Waals surface area contributed by atoms with Gasteiger partial charge in [-0.15, -0.1) is 0 Å². The van der Waals surface area contributed by atoms with Crippen LogP contribution < -0.4 is 9.80 Å². The third kappa shape index (κ3) is 2.79. The van der Waals surface area contributed by atoms with Crippen LogP contribution in [0.25, 0.3) is 0 Å². The van der Waals surface area contributed by atoms with Crippen molar-refractivity contribution in [2.24, 2.45) is 5.92 Å². The van der Waals surface area contributed by atoms with E-state index in [0.717, 1.165) is 31.9 Å². The predicted octanol–water partition coefficient (Wildman–Crippen LogP) is 2.93. The minimum Gasteiger partial charge on any atom is -0.366 e. The fraction of sp³-hybridized carbons (Fsp3) is 0.350. The third-order valence-electron chi connectivity index (χ3n) is 5.40. The Bertz CT molecular complexity index is 846. The summed E-state index contributed by atoms with van der Waals surface area (Å²) < 4.78 is 0. The second-order valence-corrected chi connectivity index (χ2v) is 6.69. The van der Waals surface area contributed by atoms with Crippen LogP contribution in [0.1, 0.15) is 24.0 Å². The minimum atomic E-state index is 0.426. The van der Waals surface area contributed by atoms with E-state index in [1.807, 2.05) is 36.4 Å². The van der Waals surface area contributed by atoms with Crippen LogP contribution in [-0.2, 0) is 0 Å². The van der Waals surface area contributed by atoms with E-state index in [4.69, 9.17) is 5.26 Å². The highest BCUT2D eigenvalue weighted by molar-refractivity contribution is 5.56. The number of pyridine rings is 1. The van der Waals surface area contributed by atoms with E-state index < -0.39 is 0 Å². The number of nitrogens with zero attached hydrogens (tertiary/aromatic N) is 5. The van der Waals surface area contributed by atoms with Crippen molar-refractivity contribution in [2.45, 2.75) is 18.9 Å². The molecule has 2 unspecified atom stereocenters. The topological polar surface area (TPSA) is 67.0 Å². The summed E-state index contributed by atoms with van der Waals surface area (Å²) >= 11 is 0. The van der Waals surface area contributed by atoms with Gasteiger partial charge in [-0.2, -0.15) is 10.5 Å². The average molecular weight is 329 g/mol. The maximum absolute atomic E-state index is 9.36. The number of hydrogen-bond donors (Lipinski definition) is 0. The first-order valence-corrected chi connectivity index (χ1v) is 8.67. The molecule has 2 aromatic rings. The molecule has 0 aliphatic carbocycles. The maximum Gasteiger partial charge on any atom is 0.146 e. The Labute approximate surface area is 147 Å². The fourth-order valence-electron chi connectivity index (χ4n) is 4.12. The molecule has 0 spiro atoms. The van der Waals surface area contributed by atoms with Crippen LogP contribution >= 0.6 is 0 Å². The molecule has 1 aromatic carbocycles. The summed E-state index contributed by atoms with van der Waals surface area (Å²) in [6.07, 6.45) is 4.08. The summed E-state index contributed by atoms with van der Waals surface area (Å²) in [6, 6.07) is 16.4. The van der Waals surface area contributed by atoms with E-state index in [1.165, 1.54) is 12.1 Å². The second-order valence-electron chi connectivity index (χ2n) is 6.69. The normalized spacial score (nSPS) is 22.2. The number of aromatic nitrogens is 1. The maximum atomic E-state index is 9.36.